The summed E-state index contributed by atoms with van der Waals surface area (Å²) in [6.45, 7) is 2.88. The van der Waals surface area contributed by atoms with Crippen LogP contribution in [0.25, 0.3) is 0 Å². The van der Waals surface area contributed by atoms with Gasteiger partial charge in [-0.25, -0.2) is 0 Å². The van der Waals surface area contributed by atoms with Gasteiger partial charge in [0.2, 0.25) is 0 Å². The molecule has 18 heavy (non-hydrogen) atoms. The van der Waals surface area contributed by atoms with Crippen molar-refractivity contribution < 1.29 is 4.79 Å². The Labute approximate surface area is 113 Å². The molecule has 0 fully saturated rings. The quantitative estimate of drug-likeness (QED) is 0.810. The van der Waals surface area contributed by atoms with Gasteiger partial charge in [-0.15, -0.1) is 0 Å². The number of halogens is 1. The first-order valence-electron chi connectivity index (χ1n) is 6.45. The molecule has 2 rings (SSSR count). The average Bonchev–Trinajstić information content (AvgIpc) is 2.56. The summed E-state index contributed by atoms with van der Waals surface area (Å²) in [5.41, 5.74) is 1.18. The van der Waals surface area contributed by atoms with Crippen LogP contribution in [0.5, 0.6) is 0 Å². The van der Waals surface area contributed by atoms with E-state index in [9.17, 15) is 4.79 Å². The molecule has 1 amide bonds. The Bertz CT molecular complexity index is 441. The minimum Gasteiger partial charge on any atom is -0.331 e. The van der Waals surface area contributed by atoms with Crippen molar-refractivity contribution in [2.45, 2.75) is 32.2 Å². The third-order valence-electron chi connectivity index (χ3n) is 3.34. The molecule has 0 aromatic heterocycles. The average molecular weight is 264 g/mol. The molecule has 2 nitrogen and oxygen atoms in total. The molecule has 0 saturated carbocycles. The van der Waals surface area contributed by atoms with E-state index in [1.807, 2.05) is 29.2 Å². The smallest absolute Gasteiger partial charge is 0.265 e. The normalized spacial score (nSPS) is 18.2. The first kappa shape index (κ1) is 13.2. The molecule has 0 spiro atoms. The van der Waals surface area contributed by atoms with E-state index in [1.165, 1.54) is 5.56 Å². The highest BCUT2D eigenvalue weighted by molar-refractivity contribution is 6.42. The Balaban J connectivity index is 2.27. The number of amides is 1. The molecule has 0 aliphatic carbocycles. The van der Waals surface area contributed by atoms with E-state index in [-0.39, 0.29) is 11.9 Å². The maximum Gasteiger partial charge on any atom is 0.265 e. The number of nitrogens with zero attached hydrogens (tertiary/aromatic N) is 1. The first-order chi connectivity index (χ1) is 8.74. The van der Waals surface area contributed by atoms with E-state index in [0.29, 0.717) is 5.03 Å². The highest BCUT2D eigenvalue weighted by Crippen LogP contribution is 2.28. The summed E-state index contributed by atoms with van der Waals surface area (Å²) in [5, 5.41) is 0.363. The van der Waals surface area contributed by atoms with Gasteiger partial charge in [-0.1, -0.05) is 54.9 Å². The van der Waals surface area contributed by atoms with Crippen LogP contribution in [-0.2, 0) is 4.79 Å². The second-order valence-corrected chi connectivity index (χ2v) is 4.93. The number of hydrogen-bond donors (Lipinski definition) is 0. The van der Waals surface area contributed by atoms with E-state index in [2.05, 4.69) is 19.1 Å². The van der Waals surface area contributed by atoms with Crippen LogP contribution in [0.2, 0.25) is 0 Å². The van der Waals surface area contributed by atoms with Crippen LogP contribution in [0.4, 0.5) is 0 Å². The van der Waals surface area contributed by atoms with Gasteiger partial charge in [0.25, 0.3) is 5.91 Å². The summed E-state index contributed by atoms with van der Waals surface area (Å²) in [6, 6.07) is 10.3. The first-order valence-corrected chi connectivity index (χ1v) is 6.83. The minimum atomic E-state index is -0.0372. The van der Waals surface area contributed by atoms with Crippen molar-refractivity contribution >= 4 is 17.5 Å². The predicted molar refractivity (Wildman–Crippen MR) is 74.4 cm³/mol. The van der Waals surface area contributed by atoms with Gasteiger partial charge in [-0.2, -0.15) is 0 Å². The number of rotatable bonds is 3. The zero-order valence-corrected chi connectivity index (χ0v) is 11.4. The highest BCUT2D eigenvalue weighted by atomic mass is 35.5. The molecule has 1 aromatic carbocycles. The maximum absolute atomic E-state index is 12.2. The van der Waals surface area contributed by atoms with Crippen molar-refractivity contribution in [3.05, 3.63) is 47.0 Å². The molecule has 3 heteroatoms. The molecule has 1 unspecified atom stereocenters. The van der Waals surface area contributed by atoms with Gasteiger partial charge >= 0.3 is 0 Å². The Morgan fingerprint density at radius 1 is 1.33 bits per heavy atom. The van der Waals surface area contributed by atoms with Gasteiger partial charge in [-0.3, -0.25) is 4.79 Å². The third-order valence-corrected chi connectivity index (χ3v) is 3.66. The fraction of sp³-hybridized carbons (Fsp3) is 0.400. The molecule has 1 heterocycles. The van der Waals surface area contributed by atoms with Crippen LogP contribution < -0.4 is 0 Å². The lowest BCUT2D eigenvalue weighted by atomic mass is 10.0. The molecule has 0 radical (unpaired) electrons. The second kappa shape index (κ2) is 6.05. The van der Waals surface area contributed by atoms with Crippen molar-refractivity contribution in [2.75, 3.05) is 6.54 Å². The number of benzene rings is 1. The molecule has 0 saturated heterocycles. The van der Waals surface area contributed by atoms with Crippen molar-refractivity contribution in [2.24, 2.45) is 0 Å². The lowest BCUT2D eigenvalue weighted by Gasteiger charge is -2.30. The minimum absolute atomic E-state index is 0.0372. The van der Waals surface area contributed by atoms with E-state index >= 15 is 0 Å². The Kier molecular flexibility index (Phi) is 4.43. The molecule has 1 aromatic rings. The predicted octanol–water partition coefficient (Wildman–Crippen LogP) is 3.88. The van der Waals surface area contributed by atoms with E-state index in [4.69, 9.17) is 11.6 Å². The number of hydrogen-bond acceptors (Lipinski definition) is 1. The zero-order chi connectivity index (χ0) is 13.0. The lowest BCUT2D eigenvalue weighted by molar-refractivity contribution is -0.128. The largest absolute Gasteiger partial charge is 0.331 e. The molecule has 0 N–H and O–H groups in total. The summed E-state index contributed by atoms with van der Waals surface area (Å²) in [4.78, 5) is 14.1. The number of carbonyl (C=O) groups is 1. The second-order valence-electron chi connectivity index (χ2n) is 4.53. The molecule has 96 valence electrons. The van der Waals surface area contributed by atoms with Gasteiger partial charge < -0.3 is 4.90 Å². The Morgan fingerprint density at radius 3 is 2.72 bits per heavy atom. The number of carbonyl (C=O) groups excluding carboxylic acids is 1. The van der Waals surface area contributed by atoms with E-state index < -0.39 is 0 Å². The molecule has 0 bridgehead atoms. The summed E-state index contributed by atoms with van der Waals surface area (Å²) in [7, 11) is 0. The van der Waals surface area contributed by atoms with Crippen LogP contribution in [-0.4, -0.2) is 17.4 Å². The van der Waals surface area contributed by atoms with Gasteiger partial charge in [0, 0.05) is 6.54 Å². The Morgan fingerprint density at radius 2 is 2.06 bits per heavy atom. The van der Waals surface area contributed by atoms with Crippen molar-refractivity contribution in [3.8, 4) is 0 Å². The van der Waals surface area contributed by atoms with Crippen LogP contribution in [0.3, 0.4) is 0 Å². The van der Waals surface area contributed by atoms with Crippen molar-refractivity contribution in [3.63, 3.8) is 0 Å². The highest BCUT2D eigenvalue weighted by Gasteiger charge is 2.26. The monoisotopic (exact) mass is 263 g/mol. The summed E-state index contributed by atoms with van der Waals surface area (Å²) in [5.74, 6) is -0.0372. The standard InChI is InChI=1S/C15H18ClNO/c1-2-14(12-8-4-3-5-9-12)17-11-7-6-10-13(16)15(17)18/h3-5,8-10,14H,2,6-7,11H2,1H3. The molecule has 1 atom stereocenters. The van der Waals surface area contributed by atoms with Crippen molar-refractivity contribution in [1.82, 2.24) is 4.90 Å². The topological polar surface area (TPSA) is 20.3 Å². The zero-order valence-electron chi connectivity index (χ0n) is 10.6. The van der Waals surface area contributed by atoms with Gasteiger partial charge in [-0.05, 0) is 24.8 Å². The van der Waals surface area contributed by atoms with Crippen LogP contribution in [0.1, 0.15) is 37.8 Å². The summed E-state index contributed by atoms with van der Waals surface area (Å²) in [6.07, 6.45) is 4.60. The summed E-state index contributed by atoms with van der Waals surface area (Å²) < 4.78 is 0. The van der Waals surface area contributed by atoms with Crippen LogP contribution in [0, 0.1) is 0 Å². The van der Waals surface area contributed by atoms with Gasteiger partial charge in [0.05, 0.1) is 6.04 Å². The van der Waals surface area contributed by atoms with Crippen LogP contribution in [0.15, 0.2) is 41.4 Å². The molecular weight excluding hydrogens is 246 g/mol. The van der Waals surface area contributed by atoms with Crippen LogP contribution >= 0.6 is 11.6 Å². The molecule has 1 aliphatic rings. The number of allylic oxidation sites excluding steroid dienone is 1. The fourth-order valence-corrected chi connectivity index (χ4v) is 2.64. The fourth-order valence-electron chi connectivity index (χ4n) is 2.43. The molecular formula is C15H18ClNO. The van der Waals surface area contributed by atoms with E-state index in [1.54, 1.807) is 0 Å². The van der Waals surface area contributed by atoms with Gasteiger partial charge in [0.15, 0.2) is 0 Å². The molecule has 1 aliphatic heterocycles. The lowest BCUT2D eigenvalue weighted by Crippen LogP contribution is -2.34. The van der Waals surface area contributed by atoms with Gasteiger partial charge in [0.1, 0.15) is 5.03 Å². The van der Waals surface area contributed by atoms with E-state index in [0.717, 1.165) is 25.8 Å². The maximum atomic E-state index is 12.2. The van der Waals surface area contributed by atoms with Crippen molar-refractivity contribution in [1.29, 1.82) is 0 Å². The third kappa shape index (κ3) is 2.75. The SMILES string of the molecule is CCC(c1ccccc1)N1CCCC=C(Cl)C1=O. The Hall–Kier alpha value is -1.28. The summed E-state index contributed by atoms with van der Waals surface area (Å²) >= 11 is 6.02.